The highest BCUT2D eigenvalue weighted by atomic mass is 35.5. The second-order valence-electron chi connectivity index (χ2n) is 2.36. The quantitative estimate of drug-likeness (QED) is 0.801. The van der Waals surface area contributed by atoms with E-state index in [4.69, 9.17) is 16.7 Å². The van der Waals surface area contributed by atoms with Gasteiger partial charge in [0.05, 0.1) is 11.6 Å². The summed E-state index contributed by atoms with van der Waals surface area (Å²) >= 11 is 9.97. The number of aromatic carboxylic acids is 1. The Morgan fingerprint density at radius 3 is 2.57 bits per heavy atom. The Labute approximate surface area is 86.8 Å². The number of hydrogen-bond acceptors (Lipinski definition) is 2. The van der Waals surface area contributed by atoms with Crippen molar-refractivity contribution in [1.29, 1.82) is 0 Å². The molecule has 0 aliphatic carbocycles. The number of hydrogen-bond donors (Lipinski definition) is 2. The molecule has 0 saturated carbocycles. The van der Waals surface area contributed by atoms with Gasteiger partial charge in [0.2, 0.25) is 0 Å². The second-order valence-corrected chi connectivity index (χ2v) is 3.10. The smallest absolute Gasteiger partial charge is 0.367 e. The summed E-state index contributed by atoms with van der Waals surface area (Å²) in [6.07, 6.45) is 0. The summed E-state index contributed by atoms with van der Waals surface area (Å²) in [6, 6.07) is 0. The van der Waals surface area contributed by atoms with Gasteiger partial charge in [-0.1, -0.05) is 0 Å². The van der Waals surface area contributed by atoms with Crippen LogP contribution < -0.4 is 0 Å². The van der Waals surface area contributed by atoms with Gasteiger partial charge >= 0.3 is 11.4 Å². The maximum Gasteiger partial charge on any atom is 0.367 e. The van der Waals surface area contributed by atoms with Crippen LogP contribution in [0.4, 0.5) is 8.78 Å². The molecule has 0 spiro atoms. The Kier molecular flexibility index (Phi) is 2.96. The monoisotopic (exact) mass is 244 g/mol. The SMILES string of the molecule is O=C(O)c1c(C(F)(F)Cl)n[nH]c1CCl. The van der Waals surface area contributed by atoms with Crippen LogP contribution in [-0.4, -0.2) is 21.3 Å². The summed E-state index contributed by atoms with van der Waals surface area (Å²) in [5, 5.41) is 9.99. The molecule has 1 aromatic rings. The first-order chi connectivity index (χ1) is 6.38. The number of rotatable bonds is 3. The fourth-order valence-electron chi connectivity index (χ4n) is 0.910. The number of aromatic nitrogens is 2. The van der Waals surface area contributed by atoms with Gasteiger partial charge in [0.1, 0.15) is 5.56 Å². The van der Waals surface area contributed by atoms with Gasteiger partial charge in [0.25, 0.3) is 0 Å². The average Bonchev–Trinajstić information content (AvgIpc) is 2.45. The fraction of sp³-hybridized carbons (Fsp3) is 0.333. The summed E-state index contributed by atoms with van der Waals surface area (Å²) < 4.78 is 25.2. The number of carboxylic acids is 1. The Hall–Kier alpha value is -0.880. The minimum atomic E-state index is -3.82. The van der Waals surface area contributed by atoms with Crippen molar-refractivity contribution < 1.29 is 18.7 Å². The first-order valence-corrected chi connectivity index (χ1v) is 4.23. The molecule has 0 fully saturated rings. The molecule has 1 heterocycles. The first-order valence-electron chi connectivity index (χ1n) is 3.31. The van der Waals surface area contributed by atoms with Crippen molar-refractivity contribution in [2.45, 2.75) is 11.3 Å². The van der Waals surface area contributed by atoms with E-state index in [1.54, 1.807) is 0 Å². The third kappa shape index (κ3) is 1.96. The van der Waals surface area contributed by atoms with Crippen LogP contribution in [0.2, 0.25) is 0 Å². The third-order valence-corrected chi connectivity index (χ3v) is 1.90. The average molecular weight is 245 g/mol. The van der Waals surface area contributed by atoms with E-state index < -0.39 is 22.6 Å². The van der Waals surface area contributed by atoms with Crippen LogP contribution in [0.5, 0.6) is 0 Å². The molecule has 14 heavy (non-hydrogen) atoms. The lowest BCUT2D eigenvalue weighted by Gasteiger charge is -2.04. The van der Waals surface area contributed by atoms with Gasteiger partial charge in [-0.25, -0.2) is 4.79 Å². The normalized spacial score (nSPS) is 11.7. The summed E-state index contributed by atoms with van der Waals surface area (Å²) in [5.41, 5.74) is -1.81. The van der Waals surface area contributed by atoms with Gasteiger partial charge in [-0.15, -0.1) is 11.6 Å². The van der Waals surface area contributed by atoms with Gasteiger partial charge in [-0.05, 0) is 11.6 Å². The van der Waals surface area contributed by atoms with Gasteiger partial charge in [0, 0.05) is 0 Å². The molecule has 0 radical (unpaired) electrons. The van der Waals surface area contributed by atoms with Crippen molar-refractivity contribution >= 4 is 29.2 Å². The van der Waals surface area contributed by atoms with Crippen LogP contribution in [-0.2, 0) is 11.3 Å². The van der Waals surface area contributed by atoms with E-state index in [2.05, 4.69) is 21.8 Å². The fourth-order valence-corrected chi connectivity index (χ4v) is 1.24. The topological polar surface area (TPSA) is 66.0 Å². The molecule has 0 bridgehead atoms. The van der Waals surface area contributed by atoms with Crippen molar-refractivity contribution in [3.05, 3.63) is 17.0 Å². The van der Waals surface area contributed by atoms with Crippen LogP contribution in [0.15, 0.2) is 0 Å². The molecule has 8 heteroatoms. The molecule has 0 unspecified atom stereocenters. The van der Waals surface area contributed by atoms with Gasteiger partial charge in [-0.2, -0.15) is 13.9 Å². The highest BCUT2D eigenvalue weighted by Crippen LogP contribution is 2.34. The van der Waals surface area contributed by atoms with E-state index >= 15 is 0 Å². The highest BCUT2D eigenvalue weighted by molar-refractivity contribution is 6.22. The van der Waals surface area contributed by atoms with Crippen LogP contribution in [0.1, 0.15) is 21.7 Å². The predicted molar refractivity (Wildman–Crippen MR) is 44.9 cm³/mol. The number of nitrogens with zero attached hydrogens (tertiary/aromatic N) is 1. The van der Waals surface area contributed by atoms with Crippen molar-refractivity contribution in [3.8, 4) is 0 Å². The number of alkyl halides is 4. The zero-order valence-electron chi connectivity index (χ0n) is 6.52. The van der Waals surface area contributed by atoms with Crippen molar-refractivity contribution in [3.63, 3.8) is 0 Å². The van der Waals surface area contributed by atoms with Gasteiger partial charge < -0.3 is 5.11 Å². The maximum atomic E-state index is 12.6. The minimum Gasteiger partial charge on any atom is -0.478 e. The first kappa shape index (κ1) is 11.2. The maximum absolute atomic E-state index is 12.6. The molecule has 0 aliphatic rings. The predicted octanol–water partition coefficient (Wildman–Crippen LogP) is 2.13. The van der Waals surface area contributed by atoms with E-state index in [1.807, 2.05) is 0 Å². The molecule has 2 N–H and O–H groups in total. The summed E-state index contributed by atoms with van der Waals surface area (Å²) in [4.78, 5) is 10.6. The molecule has 4 nitrogen and oxygen atoms in total. The summed E-state index contributed by atoms with van der Waals surface area (Å²) in [5.74, 6) is -1.81. The molecule has 1 aromatic heterocycles. The second kappa shape index (κ2) is 3.70. The zero-order chi connectivity index (χ0) is 10.9. The lowest BCUT2D eigenvalue weighted by molar-refractivity contribution is 0.0652. The number of aromatic amines is 1. The standard InChI is InChI=1S/C6H4Cl2F2N2O2/c7-1-2-3(5(13)14)4(12-11-2)6(8,9)10/h1H2,(H,11,12)(H,13,14). The Morgan fingerprint density at radius 1 is 1.64 bits per heavy atom. The van der Waals surface area contributed by atoms with Crippen LogP contribution in [0, 0.1) is 0 Å². The summed E-state index contributed by atoms with van der Waals surface area (Å²) in [6.45, 7) is 0. The molecule has 78 valence electrons. The molecule has 0 aliphatic heterocycles. The van der Waals surface area contributed by atoms with Crippen LogP contribution >= 0.6 is 23.2 Å². The molecular weight excluding hydrogens is 241 g/mol. The Morgan fingerprint density at radius 2 is 2.21 bits per heavy atom. The van der Waals surface area contributed by atoms with E-state index in [0.29, 0.717) is 0 Å². The lowest BCUT2D eigenvalue weighted by Crippen LogP contribution is -2.11. The van der Waals surface area contributed by atoms with Gasteiger partial charge in [-0.3, -0.25) is 5.10 Å². The van der Waals surface area contributed by atoms with E-state index in [1.165, 1.54) is 0 Å². The van der Waals surface area contributed by atoms with E-state index in [9.17, 15) is 13.6 Å². The Balaban J connectivity index is 3.32. The molecule has 0 aromatic carbocycles. The summed E-state index contributed by atoms with van der Waals surface area (Å²) in [7, 11) is 0. The van der Waals surface area contributed by atoms with Crippen molar-refractivity contribution in [1.82, 2.24) is 10.2 Å². The zero-order valence-corrected chi connectivity index (χ0v) is 8.03. The van der Waals surface area contributed by atoms with Crippen molar-refractivity contribution in [2.24, 2.45) is 0 Å². The minimum absolute atomic E-state index is 0.102. The Bertz CT molecular complexity index is 361. The number of H-pyrrole nitrogens is 1. The van der Waals surface area contributed by atoms with Crippen LogP contribution in [0.25, 0.3) is 0 Å². The van der Waals surface area contributed by atoms with E-state index in [0.717, 1.165) is 0 Å². The molecular formula is C6H4Cl2F2N2O2. The van der Waals surface area contributed by atoms with E-state index in [-0.39, 0.29) is 11.6 Å². The third-order valence-electron chi connectivity index (χ3n) is 1.46. The number of carbonyl (C=O) groups is 1. The molecule has 1 rings (SSSR count). The van der Waals surface area contributed by atoms with Crippen molar-refractivity contribution in [2.75, 3.05) is 0 Å². The van der Waals surface area contributed by atoms with Crippen LogP contribution in [0.3, 0.4) is 0 Å². The number of nitrogens with one attached hydrogen (secondary N) is 1. The number of halogens is 4. The number of carboxylic acid groups (broad SMARTS) is 1. The largest absolute Gasteiger partial charge is 0.478 e. The molecule has 0 atom stereocenters. The highest BCUT2D eigenvalue weighted by Gasteiger charge is 2.37. The lowest BCUT2D eigenvalue weighted by atomic mass is 10.2. The molecule has 0 amide bonds. The van der Waals surface area contributed by atoms with Gasteiger partial charge in [0.15, 0.2) is 5.69 Å². The molecule has 0 saturated heterocycles.